The molecule has 1 saturated heterocycles. The fraction of sp³-hybridized carbons (Fsp3) is 0.294. The second-order valence-corrected chi connectivity index (χ2v) is 6.17. The van der Waals surface area contributed by atoms with Crippen molar-refractivity contribution in [3.05, 3.63) is 65.5 Å². The topological polar surface area (TPSA) is 33.2 Å². The van der Waals surface area contributed by atoms with E-state index in [4.69, 9.17) is 0 Å². The van der Waals surface area contributed by atoms with Gasteiger partial charge in [0.15, 0.2) is 0 Å². The molecule has 1 amide bonds. The van der Waals surface area contributed by atoms with Gasteiger partial charge in [-0.3, -0.25) is 9.78 Å². The van der Waals surface area contributed by atoms with Crippen LogP contribution in [0.2, 0.25) is 0 Å². The number of aromatic nitrogens is 1. The number of carbonyl (C=O) groups excluding carboxylic acids is 1. The molecule has 1 unspecified atom stereocenters. The van der Waals surface area contributed by atoms with Crippen molar-refractivity contribution in [2.75, 3.05) is 5.75 Å². The SMILES string of the molecule is CCc1ccc(C2SCC(=O)N2Cc2ccccn2)cc1. The van der Waals surface area contributed by atoms with Gasteiger partial charge in [-0.2, -0.15) is 0 Å². The van der Waals surface area contributed by atoms with Crippen LogP contribution in [-0.2, 0) is 17.8 Å². The molecule has 0 saturated carbocycles. The molecular weight excluding hydrogens is 280 g/mol. The zero-order chi connectivity index (χ0) is 14.7. The Labute approximate surface area is 129 Å². The van der Waals surface area contributed by atoms with Crippen LogP contribution >= 0.6 is 11.8 Å². The second-order valence-electron chi connectivity index (χ2n) is 5.10. The summed E-state index contributed by atoms with van der Waals surface area (Å²) in [5.41, 5.74) is 3.45. The van der Waals surface area contributed by atoms with Crippen molar-refractivity contribution in [1.29, 1.82) is 0 Å². The first kappa shape index (κ1) is 14.1. The number of aryl methyl sites for hydroxylation is 1. The van der Waals surface area contributed by atoms with Gasteiger partial charge < -0.3 is 4.90 Å². The maximum absolute atomic E-state index is 12.2. The Balaban J connectivity index is 1.81. The van der Waals surface area contributed by atoms with Crippen molar-refractivity contribution in [3.63, 3.8) is 0 Å². The summed E-state index contributed by atoms with van der Waals surface area (Å²) >= 11 is 1.69. The van der Waals surface area contributed by atoms with E-state index >= 15 is 0 Å². The summed E-state index contributed by atoms with van der Waals surface area (Å²) in [5, 5.41) is 0.102. The Morgan fingerprint density at radius 3 is 2.71 bits per heavy atom. The first-order valence-electron chi connectivity index (χ1n) is 7.17. The number of pyridine rings is 1. The van der Waals surface area contributed by atoms with E-state index < -0.39 is 0 Å². The average Bonchev–Trinajstić information content (AvgIpc) is 2.90. The first-order valence-corrected chi connectivity index (χ1v) is 8.22. The lowest BCUT2D eigenvalue weighted by atomic mass is 10.1. The standard InChI is InChI=1S/C17H18N2OS/c1-2-13-6-8-14(9-7-13)17-19(16(20)12-21-17)11-15-5-3-4-10-18-15/h3-10,17H,2,11-12H2,1H3. The summed E-state index contributed by atoms with van der Waals surface area (Å²) in [6, 6.07) is 14.4. The molecule has 0 radical (unpaired) electrons. The molecule has 2 heterocycles. The quantitative estimate of drug-likeness (QED) is 0.867. The Bertz CT molecular complexity index is 612. The van der Waals surface area contributed by atoms with Crippen LogP contribution in [0.4, 0.5) is 0 Å². The summed E-state index contributed by atoms with van der Waals surface area (Å²) in [6.45, 7) is 2.73. The number of hydrogen-bond acceptors (Lipinski definition) is 3. The highest BCUT2D eigenvalue weighted by atomic mass is 32.2. The molecule has 3 rings (SSSR count). The largest absolute Gasteiger partial charge is 0.320 e. The van der Waals surface area contributed by atoms with Crippen molar-refractivity contribution < 1.29 is 4.79 Å². The van der Waals surface area contributed by atoms with Gasteiger partial charge in [0, 0.05) is 6.20 Å². The zero-order valence-electron chi connectivity index (χ0n) is 12.0. The van der Waals surface area contributed by atoms with Gasteiger partial charge in [-0.1, -0.05) is 37.3 Å². The average molecular weight is 298 g/mol. The molecule has 1 fully saturated rings. The van der Waals surface area contributed by atoms with Gasteiger partial charge >= 0.3 is 0 Å². The minimum Gasteiger partial charge on any atom is -0.320 e. The third-order valence-corrected chi connectivity index (χ3v) is 4.96. The summed E-state index contributed by atoms with van der Waals surface area (Å²) in [6.07, 6.45) is 2.81. The van der Waals surface area contributed by atoms with Gasteiger partial charge in [0.25, 0.3) is 0 Å². The van der Waals surface area contributed by atoms with Gasteiger partial charge in [-0.05, 0) is 29.7 Å². The maximum Gasteiger partial charge on any atom is 0.234 e. The molecule has 3 nitrogen and oxygen atoms in total. The van der Waals surface area contributed by atoms with Gasteiger partial charge in [-0.25, -0.2) is 0 Å². The number of benzene rings is 1. The second kappa shape index (κ2) is 6.31. The lowest BCUT2D eigenvalue weighted by Crippen LogP contribution is -2.28. The van der Waals surface area contributed by atoms with Crippen molar-refractivity contribution >= 4 is 17.7 Å². The highest BCUT2D eigenvalue weighted by Crippen LogP contribution is 2.39. The molecule has 21 heavy (non-hydrogen) atoms. The van der Waals surface area contributed by atoms with Crippen LogP contribution in [-0.4, -0.2) is 21.5 Å². The Hall–Kier alpha value is -1.81. The molecule has 0 N–H and O–H groups in total. The normalized spacial score (nSPS) is 18.2. The van der Waals surface area contributed by atoms with Crippen molar-refractivity contribution in [2.45, 2.75) is 25.3 Å². The molecule has 0 aliphatic carbocycles. The summed E-state index contributed by atoms with van der Waals surface area (Å²) < 4.78 is 0. The number of carbonyl (C=O) groups is 1. The summed E-state index contributed by atoms with van der Waals surface area (Å²) in [7, 11) is 0. The highest BCUT2D eigenvalue weighted by molar-refractivity contribution is 8.00. The lowest BCUT2D eigenvalue weighted by Gasteiger charge is -2.24. The minimum absolute atomic E-state index is 0.102. The van der Waals surface area contributed by atoms with E-state index in [9.17, 15) is 4.79 Å². The van der Waals surface area contributed by atoms with Crippen molar-refractivity contribution in [1.82, 2.24) is 9.88 Å². The van der Waals surface area contributed by atoms with Crippen LogP contribution < -0.4 is 0 Å². The molecule has 2 aromatic rings. The van der Waals surface area contributed by atoms with Crippen LogP contribution in [0.15, 0.2) is 48.7 Å². The van der Waals surface area contributed by atoms with Gasteiger partial charge in [-0.15, -0.1) is 11.8 Å². The third-order valence-electron chi connectivity index (χ3n) is 3.70. The van der Waals surface area contributed by atoms with E-state index in [1.807, 2.05) is 23.1 Å². The van der Waals surface area contributed by atoms with Gasteiger partial charge in [0.1, 0.15) is 5.37 Å². The van der Waals surface area contributed by atoms with Crippen LogP contribution in [0.3, 0.4) is 0 Å². The number of thioether (sulfide) groups is 1. The number of rotatable bonds is 4. The molecule has 1 aliphatic rings. The molecule has 1 aliphatic heterocycles. The molecule has 4 heteroatoms. The maximum atomic E-state index is 12.2. The molecule has 1 aromatic heterocycles. The number of hydrogen-bond donors (Lipinski definition) is 0. The van der Waals surface area contributed by atoms with Crippen LogP contribution in [0.5, 0.6) is 0 Å². The Kier molecular flexibility index (Phi) is 4.25. The fourth-order valence-corrected chi connectivity index (χ4v) is 3.67. The predicted molar refractivity (Wildman–Crippen MR) is 85.8 cm³/mol. The third kappa shape index (κ3) is 3.10. The first-order chi connectivity index (χ1) is 10.3. The Morgan fingerprint density at radius 1 is 1.24 bits per heavy atom. The zero-order valence-corrected chi connectivity index (χ0v) is 12.8. The smallest absolute Gasteiger partial charge is 0.234 e. The number of nitrogens with zero attached hydrogens (tertiary/aromatic N) is 2. The highest BCUT2D eigenvalue weighted by Gasteiger charge is 2.32. The van der Waals surface area contributed by atoms with E-state index in [1.54, 1.807) is 18.0 Å². The molecule has 0 bridgehead atoms. The van der Waals surface area contributed by atoms with Crippen molar-refractivity contribution in [2.24, 2.45) is 0 Å². The molecule has 108 valence electrons. The summed E-state index contributed by atoms with van der Waals surface area (Å²) in [4.78, 5) is 18.4. The molecule has 1 aromatic carbocycles. The van der Waals surface area contributed by atoms with Gasteiger partial charge in [0.05, 0.1) is 18.0 Å². The predicted octanol–water partition coefficient (Wildman–Crippen LogP) is 3.42. The lowest BCUT2D eigenvalue weighted by molar-refractivity contribution is -0.128. The van der Waals surface area contributed by atoms with E-state index in [1.165, 1.54) is 11.1 Å². The minimum atomic E-state index is 0.102. The van der Waals surface area contributed by atoms with Crippen LogP contribution in [0.25, 0.3) is 0 Å². The van der Waals surface area contributed by atoms with Crippen molar-refractivity contribution in [3.8, 4) is 0 Å². The van der Waals surface area contributed by atoms with Crippen LogP contribution in [0, 0.1) is 0 Å². The molecule has 1 atom stereocenters. The summed E-state index contributed by atoms with van der Waals surface area (Å²) in [5.74, 6) is 0.739. The van der Waals surface area contributed by atoms with E-state index in [-0.39, 0.29) is 11.3 Å². The molecular formula is C17H18N2OS. The molecule has 0 spiro atoms. The number of amides is 1. The monoisotopic (exact) mass is 298 g/mol. The Morgan fingerprint density at radius 2 is 2.05 bits per heavy atom. The fourth-order valence-electron chi connectivity index (χ4n) is 2.49. The van der Waals surface area contributed by atoms with E-state index in [0.29, 0.717) is 12.3 Å². The van der Waals surface area contributed by atoms with E-state index in [2.05, 4.69) is 36.2 Å². The van der Waals surface area contributed by atoms with E-state index in [0.717, 1.165) is 12.1 Å². The van der Waals surface area contributed by atoms with Crippen LogP contribution in [0.1, 0.15) is 29.1 Å². The van der Waals surface area contributed by atoms with Gasteiger partial charge in [0.2, 0.25) is 5.91 Å².